The lowest BCUT2D eigenvalue weighted by atomic mass is 10.2. The Morgan fingerprint density at radius 3 is 2.84 bits per heavy atom. The molecule has 0 saturated carbocycles. The minimum absolute atomic E-state index is 0.0249. The third kappa shape index (κ3) is 4.11. The summed E-state index contributed by atoms with van der Waals surface area (Å²) in [6.45, 7) is 0.847. The zero-order chi connectivity index (χ0) is 18.0. The molecule has 0 aliphatic carbocycles. The second-order valence-electron chi connectivity index (χ2n) is 5.51. The van der Waals surface area contributed by atoms with E-state index in [0.29, 0.717) is 13.2 Å². The first-order chi connectivity index (χ1) is 11.9. The number of nitrogens with zero attached hydrogens (tertiary/aromatic N) is 4. The molecule has 3 N–H and O–H groups in total. The van der Waals surface area contributed by atoms with Crippen LogP contribution in [-0.4, -0.2) is 75.0 Å². The van der Waals surface area contributed by atoms with Crippen molar-refractivity contribution >= 4 is 19.4 Å². The molecule has 25 heavy (non-hydrogen) atoms. The molecular weight excluding hydrogens is 357 g/mol. The number of Topliss-reactive ketones (excluding diaryl/α,β-unsaturated/α-hetero) is 1. The van der Waals surface area contributed by atoms with Crippen LogP contribution in [0.4, 0.5) is 0 Å². The van der Waals surface area contributed by atoms with Gasteiger partial charge in [-0.2, -0.15) is 0 Å². The highest BCUT2D eigenvalue weighted by molar-refractivity contribution is 7.50. The number of aromatic nitrogens is 3. The zero-order valence-electron chi connectivity index (χ0n) is 13.2. The number of carbonyl (C=O) groups excluding carboxylic acids is 2. The minimum Gasteiger partial charge on any atom is -0.379 e. The number of nitrogens with two attached hydrogens (primary N) is 1. The predicted octanol–water partition coefficient (Wildman–Crippen LogP) is -1.32. The van der Waals surface area contributed by atoms with Crippen molar-refractivity contribution < 1.29 is 33.0 Å². The van der Waals surface area contributed by atoms with Crippen molar-refractivity contribution in [2.24, 2.45) is 5.73 Å². The highest BCUT2D eigenvalue weighted by Gasteiger charge is 2.39. The first-order valence-electron chi connectivity index (χ1n) is 7.56. The Morgan fingerprint density at radius 1 is 1.48 bits per heavy atom. The van der Waals surface area contributed by atoms with Gasteiger partial charge < -0.3 is 20.1 Å². The van der Waals surface area contributed by atoms with Crippen LogP contribution < -0.4 is 5.73 Å². The largest absolute Gasteiger partial charge is 0.405 e. The Kier molecular flexibility index (Phi) is 5.27. The summed E-state index contributed by atoms with van der Waals surface area (Å²) in [5.41, 5.74) is 5.07. The van der Waals surface area contributed by atoms with Crippen LogP contribution in [0, 0.1) is 0 Å². The molecule has 2 aliphatic heterocycles. The number of ether oxygens (including phenoxy) is 2. The minimum atomic E-state index is -4.02. The van der Waals surface area contributed by atoms with Crippen molar-refractivity contribution in [3.05, 3.63) is 12.2 Å². The molecule has 12 nitrogen and oxygen atoms in total. The normalized spacial score (nSPS) is 27.3. The fraction of sp³-hybridized carbons (Fsp3) is 0.667. The number of ketones is 1. The summed E-state index contributed by atoms with van der Waals surface area (Å²) >= 11 is 0. The first-order valence-corrected chi connectivity index (χ1v) is 9.09. The van der Waals surface area contributed by atoms with E-state index in [1.165, 1.54) is 15.7 Å². The van der Waals surface area contributed by atoms with E-state index in [9.17, 15) is 19.0 Å². The highest BCUT2D eigenvalue weighted by atomic mass is 31.2. The molecule has 138 valence electrons. The van der Waals surface area contributed by atoms with Gasteiger partial charge in [-0.15, -0.1) is 5.10 Å². The summed E-state index contributed by atoms with van der Waals surface area (Å²) in [5.74, 6) is -1.29. The van der Waals surface area contributed by atoms with Crippen molar-refractivity contribution in [1.82, 2.24) is 19.4 Å². The fourth-order valence-corrected chi connectivity index (χ4v) is 3.65. The lowest BCUT2D eigenvalue weighted by Gasteiger charge is -2.29. The van der Waals surface area contributed by atoms with E-state index in [-0.39, 0.29) is 37.7 Å². The van der Waals surface area contributed by atoms with Crippen LogP contribution in [0.5, 0.6) is 0 Å². The monoisotopic (exact) mass is 375 g/mol. The Hall–Kier alpha value is -1.69. The van der Waals surface area contributed by atoms with E-state index in [1.54, 1.807) is 0 Å². The van der Waals surface area contributed by atoms with Gasteiger partial charge in [0, 0.05) is 13.1 Å². The number of amides is 1. The van der Waals surface area contributed by atoms with Gasteiger partial charge in [0.25, 0.3) is 5.91 Å². The van der Waals surface area contributed by atoms with Gasteiger partial charge in [-0.25, -0.2) is 18.9 Å². The second-order valence-corrected chi connectivity index (χ2v) is 7.32. The molecule has 0 radical (unpaired) electrons. The number of hydrogen-bond acceptors (Lipinski definition) is 8. The van der Waals surface area contributed by atoms with Crippen LogP contribution in [0.15, 0.2) is 6.33 Å². The molecule has 1 unspecified atom stereocenters. The van der Waals surface area contributed by atoms with Crippen molar-refractivity contribution in [3.63, 3.8) is 0 Å². The molecule has 1 amide bonds. The molecule has 2 aliphatic rings. The summed E-state index contributed by atoms with van der Waals surface area (Å²) in [6, 6.07) is 0. The first kappa shape index (κ1) is 18.1. The number of hydrogen-bond donors (Lipinski definition) is 2. The van der Waals surface area contributed by atoms with E-state index in [0.717, 1.165) is 0 Å². The number of rotatable bonds is 6. The molecular formula is C12H18N5O7P. The summed E-state index contributed by atoms with van der Waals surface area (Å²) in [6.07, 6.45) is -0.578. The summed E-state index contributed by atoms with van der Waals surface area (Å²) in [5, 5.41) is 3.83. The summed E-state index contributed by atoms with van der Waals surface area (Å²) in [7, 11) is -4.02. The Morgan fingerprint density at radius 2 is 2.20 bits per heavy atom. The Labute approximate surface area is 142 Å². The molecule has 3 atom stereocenters. The van der Waals surface area contributed by atoms with Gasteiger partial charge in [-0.1, -0.05) is 0 Å². The van der Waals surface area contributed by atoms with Crippen LogP contribution in [-0.2, 0) is 23.4 Å². The van der Waals surface area contributed by atoms with E-state index >= 15 is 0 Å². The quantitative estimate of drug-likeness (QED) is 0.571. The summed E-state index contributed by atoms with van der Waals surface area (Å²) < 4.78 is 30.4. The third-order valence-electron chi connectivity index (χ3n) is 3.82. The Bertz CT molecular complexity index is 704. The average Bonchev–Trinajstić information content (AvgIpc) is 3.21. The van der Waals surface area contributed by atoms with Gasteiger partial charge in [-0.3, -0.25) is 14.1 Å². The molecule has 1 aromatic rings. The van der Waals surface area contributed by atoms with Gasteiger partial charge >= 0.3 is 7.75 Å². The maximum atomic E-state index is 12.2. The maximum Gasteiger partial charge on any atom is 0.405 e. The van der Waals surface area contributed by atoms with Gasteiger partial charge in [0.2, 0.25) is 5.82 Å². The fourth-order valence-electron chi connectivity index (χ4n) is 2.48. The zero-order valence-corrected chi connectivity index (χ0v) is 14.1. The van der Waals surface area contributed by atoms with Crippen molar-refractivity contribution in [2.45, 2.75) is 18.8 Å². The second kappa shape index (κ2) is 7.28. The van der Waals surface area contributed by atoms with Crippen LogP contribution in [0.2, 0.25) is 0 Å². The number of carbonyl (C=O) groups is 2. The van der Waals surface area contributed by atoms with E-state index in [1.807, 2.05) is 0 Å². The smallest absolute Gasteiger partial charge is 0.379 e. The molecule has 0 aromatic carbocycles. The van der Waals surface area contributed by atoms with E-state index in [4.69, 9.17) is 19.7 Å². The standard InChI is InChI=1S/C12H18N5O7P/c13-11(19)12-14-7-17(15-12)10-5-8(18)9(24-10)6-23-25(20,21)16-1-3-22-4-2-16/h7,9-10H,1-6H2,(H2,13,19)(H,20,21)/t9-,10-/m1/s1. The van der Waals surface area contributed by atoms with Crippen molar-refractivity contribution in [1.29, 1.82) is 0 Å². The molecule has 13 heteroatoms. The van der Waals surface area contributed by atoms with Gasteiger partial charge in [0.1, 0.15) is 12.4 Å². The number of primary amides is 1. The molecule has 3 heterocycles. The van der Waals surface area contributed by atoms with Crippen LogP contribution in [0.25, 0.3) is 0 Å². The number of morpholine rings is 1. The molecule has 2 saturated heterocycles. The van der Waals surface area contributed by atoms with E-state index < -0.39 is 26.0 Å². The predicted molar refractivity (Wildman–Crippen MR) is 80.2 cm³/mol. The van der Waals surface area contributed by atoms with Crippen LogP contribution >= 0.6 is 7.75 Å². The van der Waals surface area contributed by atoms with Gasteiger partial charge in [0.15, 0.2) is 12.0 Å². The topological polar surface area (TPSA) is 159 Å². The van der Waals surface area contributed by atoms with Gasteiger partial charge in [0.05, 0.1) is 26.2 Å². The lowest BCUT2D eigenvalue weighted by molar-refractivity contribution is -0.124. The molecule has 3 rings (SSSR count). The van der Waals surface area contributed by atoms with E-state index in [2.05, 4.69) is 10.1 Å². The van der Waals surface area contributed by atoms with Crippen molar-refractivity contribution in [2.75, 3.05) is 32.9 Å². The van der Waals surface area contributed by atoms with Crippen molar-refractivity contribution in [3.8, 4) is 0 Å². The molecule has 1 aromatic heterocycles. The molecule has 0 spiro atoms. The highest BCUT2D eigenvalue weighted by Crippen LogP contribution is 2.47. The van der Waals surface area contributed by atoms with Crippen LogP contribution in [0.3, 0.4) is 0 Å². The van der Waals surface area contributed by atoms with Crippen LogP contribution in [0.1, 0.15) is 23.3 Å². The lowest BCUT2D eigenvalue weighted by Crippen LogP contribution is -2.35. The third-order valence-corrected chi connectivity index (χ3v) is 5.42. The molecule has 2 fully saturated rings. The van der Waals surface area contributed by atoms with Gasteiger partial charge in [-0.05, 0) is 0 Å². The SMILES string of the molecule is NC(=O)c1ncn([C@H]2CC(=O)[C@@H](COP(=O)(O)N3CCOCC3)O2)n1. The Balaban J connectivity index is 1.57. The summed E-state index contributed by atoms with van der Waals surface area (Å²) in [4.78, 5) is 36.7. The average molecular weight is 375 g/mol. The molecule has 0 bridgehead atoms. The maximum absolute atomic E-state index is 12.2.